The van der Waals surface area contributed by atoms with Gasteiger partial charge in [-0.25, -0.2) is 13.8 Å². The molecule has 0 N–H and O–H groups in total. The van der Waals surface area contributed by atoms with Crippen LogP contribution in [0.5, 0.6) is 0 Å². The van der Waals surface area contributed by atoms with E-state index in [-0.39, 0.29) is 5.69 Å². The fraction of sp³-hybridized carbons (Fsp3) is 0.125. The predicted octanol–water partition coefficient (Wildman–Crippen LogP) is 4.83. The summed E-state index contributed by atoms with van der Waals surface area (Å²) < 4.78 is 34.6. The standard InChI is InChI=1S/C24H17F2N5O2S/c25-16-7-8-20(18(26)14-16)31-23(32)17-4-1-2-5-19(17)28-24(31)34-13-3-6-21-29-22(30-33-21)15-9-11-27-12-10-15/h1-2,4-5,7-12,14H,3,6,13H2. The highest BCUT2D eigenvalue weighted by molar-refractivity contribution is 7.99. The van der Waals surface area contributed by atoms with Gasteiger partial charge in [-0.2, -0.15) is 4.98 Å². The van der Waals surface area contributed by atoms with E-state index in [9.17, 15) is 13.6 Å². The summed E-state index contributed by atoms with van der Waals surface area (Å²) in [6.45, 7) is 0. The van der Waals surface area contributed by atoms with Gasteiger partial charge in [-0.05, 0) is 42.8 Å². The van der Waals surface area contributed by atoms with E-state index in [0.29, 0.717) is 46.4 Å². The van der Waals surface area contributed by atoms with Crippen molar-refractivity contribution in [1.82, 2.24) is 24.7 Å². The molecule has 5 rings (SSSR count). The van der Waals surface area contributed by atoms with E-state index in [1.54, 1.807) is 48.8 Å². The fourth-order valence-corrected chi connectivity index (χ4v) is 4.39. The first kappa shape index (κ1) is 21.9. The Morgan fingerprint density at radius 2 is 1.82 bits per heavy atom. The number of halogens is 2. The molecule has 0 saturated carbocycles. The van der Waals surface area contributed by atoms with Gasteiger partial charge in [0.25, 0.3) is 5.56 Å². The lowest BCUT2D eigenvalue weighted by Gasteiger charge is -2.13. The summed E-state index contributed by atoms with van der Waals surface area (Å²) in [6.07, 6.45) is 4.48. The van der Waals surface area contributed by atoms with Crippen LogP contribution in [0.2, 0.25) is 0 Å². The van der Waals surface area contributed by atoms with E-state index in [2.05, 4.69) is 20.1 Å². The molecule has 3 aromatic heterocycles. The summed E-state index contributed by atoms with van der Waals surface area (Å²) in [7, 11) is 0. The van der Waals surface area contributed by atoms with Crippen molar-refractivity contribution in [2.75, 3.05) is 5.75 Å². The van der Waals surface area contributed by atoms with E-state index < -0.39 is 17.2 Å². The minimum Gasteiger partial charge on any atom is -0.339 e. The first-order valence-electron chi connectivity index (χ1n) is 10.4. The lowest BCUT2D eigenvalue weighted by Crippen LogP contribution is -2.23. The largest absolute Gasteiger partial charge is 0.339 e. The van der Waals surface area contributed by atoms with Crippen molar-refractivity contribution in [3.63, 3.8) is 0 Å². The van der Waals surface area contributed by atoms with Crippen molar-refractivity contribution in [3.8, 4) is 17.1 Å². The molecule has 0 unspecified atom stereocenters. The normalized spacial score (nSPS) is 11.2. The van der Waals surface area contributed by atoms with Crippen LogP contribution in [-0.2, 0) is 6.42 Å². The lowest BCUT2D eigenvalue weighted by atomic mass is 10.2. The molecule has 0 spiro atoms. The number of nitrogens with zero attached hydrogens (tertiary/aromatic N) is 5. The molecule has 7 nitrogen and oxygen atoms in total. The second-order valence-electron chi connectivity index (χ2n) is 7.35. The molecular formula is C24H17F2N5O2S. The van der Waals surface area contributed by atoms with Crippen LogP contribution in [0.25, 0.3) is 28.0 Å². The van der Waals surface area contributed by atoms with Gasteiger partial charge >= 0.3 is 0 Å². The van der Waals surface area contributed by atoms with Crippen molar-refractivity contribution < 1.29 is 13.3 Å². The van der Waals surface area contributed by atoms with Gasteiger partial charge in [0, 0.05) is 36.2 Å². The highest BCUT2D eigenvalue weighted by atomic mass is 32.2. The minimum atomic E-state index is -0.837. The van der Waals surface area contributed by atoms with Crippen LogP contribution >= 0.6 is 11.8 Å². The molecule has 0 radical (unpaired) electrons. The molecule has 0 atom stereocenters. The second-order valence-corrected chi connectivity index (χ2v) is 8.41. The molecule has 34 heavy (non-hydrogen) atoms. The molecule has 0 aliphatic carbocycles. The van der Waals surface area contributed by atoms with E-state index in [1.165, 1.54) is 22.4 Å². The van der Waals surface area contributed by atoms with Gasteiger partial charge in [0.1, 0.15) is 11.6 Å². The van der Waals surface area contributed by atoms with Crippen LogP contribution in [0.3, 0.4) is 0 Å². The summed E-state index contributed by atoms with van der Waals surface area (Å²) in [5, 5.41) is 4.66. The number of rotatable bonds is 7. The van der Waals surface area contributed by atoms with Gasteiger partial charge in [0.15, 0.2) is 5.16 Å². The summed E-state index contributed by atoms with van der Waals surface area (Å²) in [6, 6.07) is 13.6. The highest BCUT2D eigenvalue weighted by Crippen LogP contribution is 2.24. The Kier molecular flexibility index (Phi) is 6.13. The molecule has 0 aliphatic heterocycles. The van der Waals surface area contributed by atoms with E-state index in [1.807, 2.05) is 0 Å². The van der Waals surface area contributed by atoms with E-state index in [0.717, 1.165) is 17.7 Å². The van der Waals surface area contributed by atoms with Crippen molar-refractivity contribution in [1.29, 1.82) is 0 Å². The zero-order chi connectivity index (χ0) is 23.5. The Balaban J connectivity index is 1.37. The Labute approximate surface area is 196 Å². The quantitative estimate of drug-likeness (QED) is 0.188. The third kappa shape index (κ3) is 4.44. The van der Waals surface area contributed by atoms with Crippen molar-refractivity contribution in [3.05, 3.63) is 94.9 Å². The zero-order valence-corrected chi connectivity index (χ0v) is 18.5. The number of thioether (sulfide) groups is 1. The number of hydrogen-bond acceptors (Lipinski definition) is 7. The van der Waals surface area contributed by atoms with Crippen molar-refractivity contribution in [2.45, 2.75) is 18.0 Å². The van der Waals surface area contributed by atoms with Crippen LogP contribution in [0, 0.1) is 11.6 Å². The van der Waals surface area contributed by atoms with Crippen LogP contribution in [-0.4, -0.2) is 30.4 Å². The van der Waals surface area contributed by atoms with Crippen LogP contribution in [0.15, 0.2) is 81.5 Å². The molecule has 0 fully saturated rings. The van der Waals surface area contributed by atoms with Gasteiger partial charge in [0.2, 0.25) is 11.7 Å². The number of aryl methyl sites for hydroxylation is 1. The molecule has 170 valence electrons. The number of benzene rings is 2. The Hall–Kier alpha value is -3.92. The van der Waals surface area contributed by atoms with Crippen LogP contribution < -0.4 is 5.56 Å². The highest BCUT2D eigenvalue weighted by Gasteiger charge is 2.17. The van der Waals surface area contributed by atoms with Gasteiger partial charge in [-0.3, -0.25) is 14.3 Å². The molecule has 0 saturated heterocycles. The van der Waals surface area contributed by atoms with Gasteiger partial charge < -0.3 is 4.52 Å². The summed E-state index contributed by atoms with van der Waals surface area (Å²) >= 11 is 1.30. The molecular weight excluding hydrogens is 460 g/mol. The number of para-hydroxylation sites is 1. The maximum atomic E-state index is 14.6. The summed E-state index contributed by atoms with van der Waals surface area (Å²) in [4.78, 5) is 26.1. The SMILES string of the molecule is O=c1c2ccccc2nc(SCCCc2nc(-c3ccncc3)no2)n1-c1ccc(F)cc1F. The summed E-state index contributed by atoms with van der Waals surface area (Å²) in [5.74, 6) is -0.0261. The average Bonchev–Trinajstić information content (AvgIpc) is 3.32. The minimum absolute atomic E-state index is 0.0500. The summed E-state index contributed by atoms with van der Waals surface area (Å²) in [5.41, 5.74) is 0.848. The predicted molar refractivity (Wildman–Crippen MR) is 124 cm³/mol. The molecule has 10 heteroatoms. The first-order valence-corrected chi connectivity index (χ1v) is 11.4. The first-order chi connectivity index (χ1) is 16.6. The maximum absolute atomic E-state index is 14.6. The van der Waals surface area contributed by atoms with Gasteiger partial charge in [0.05, 0.1) is 16.6 Å². The third-order valence-corrected chi connectivity index (χ3v) is 6.09. The third-order valence-electron chi connectivity index (χ3n) is 5.07. The molecule has 0 bridgehead atoms. The van der Waals surface area contributed by atoms with Crippen LogP contribution in [0.1, 0.15) is 12.3 Å². The monoisotopic (exact) mass is 477 g/mol. The topological polar surface area (TPSA) is 86.7 Å². The maximum Gasteiger partial charge on any atom is 0.266 e. The van der Waals surface area contributed by atoms with E-state index >= 15 is 0 Å². The average molecular weight is 477 g/mol. The number of pyridine rings is 1. The second kappa shape index (κ2) is 9.52. The molecule has 0 amide bonds. The molecule has 2 aromatic carbocycles. The van der Waals surface area contributed by atoms with Crippen molar-refractivity contribution in [2.24, 2.45) is 0 Å². The Morgan fingerprint density at radius 3 is 2.65 bits per heavy atom. The Morgan fingerprint density at radius 1 is 1.00 bits per heavy atom. The molecule has 5 aromatic rings. The van der Waals surface area contributed by atoms with Gasteiger partial charge in [-0.15, -0.1) is 0 Å². The zero-order valence-electron chi connectivity index (χ0n) is 17.7. The lowest BCUT2D eigenvalue weighted by molar-refractivity contribution is 0.378. The smallest absolute Gasteiger partial charge is 0.266 e. The number of aromatic nitrogens is 5. The molecule has 0 aliphatic rings. The number of hydrogen-bond donors (Lipinski definition) is 0. The van der Waals surface area contributed by atoms with Crippen LogP contribution in [0.4, 0.5) is 8.78 Å². The fourth-order valence-electron chi connectivity index (χ4n) is 3.45. The van der Waals surface area contributed by atoms with Crippen molar-refractivity contribution >= 4 is 22.7 Å². The van der Waals surface area contributed by atoms with E-state index in [4.69, 9.17) is 4.52 Å². The Bertz CT molecular complexity index is 1520. The molecule has 3 heterocycles. The van der Waals surface area contributed by atoms with Gasteiger partial charge in [-0.1, -0.05) is 29.1 Å². The number of fused-ring (bicyclic) bond motifs is 1.